The third kappa shape index (κ3) is 2.80. The Morgan fingerprint density at radius 1 is 1.17 bits per heavy atom. The van der Waals surface area contributed by atoms with Crippen molar-refractivity contribution in [2.24, 2.45) is 0 Å². The fourth-order valence-electron chi connectivity index (χ4n) is 4.10. The average Bonchev–Trinajstić information content (AvgIpc) is 3.50. The fraction of sp³-hybridized carbons (Fsp3) is 0.238. The molecule has 5 rings (SSSR count). The highest BCUT2D eigenvalue weighted by Gasteiger charge is 2.47. The number of carboxylic acid groups (broad SMARTS) is 1. The van der Waals surface area contributed by atoms with Crippen LogP contribution in [0.1, 0.15) is 16.8 Å². The summed E-state index contributed by atoms with van der Waals surface area (Å²) in [7, 11) is 0. The van der Waals surface area contributed by atoms with Gasteiger partial charge >= 0.3 is 5.97 Å². The van der Waals surface area contributed by atoms with E-state index in [4.69, 9.17) is 4.74 Å². The molecule has 0 bridgehead atoms. The van der Waals surface area contributed by atoms with Gasteiger partial charge < -0.3 is 14.7 Å². The number of fused-ring (bicyclic) bond motifs is 2. The predicted molar refractivity (Wildman–Crippen MR) is 99.5 cm³/mol. The van der Waals surface area contributed by atoms with E-state index in [1.807, 2.05) is 4.90 Å². The number of benzene rings is 2. The Hall–Kier alpha value is -3.20. The second-order valence-electron chi connectivity index (χ2n) is 7.30. The monoisotopic (exact) mass is 418 g/mol. The molecule has 1 saturated carbocycles. The molecule has 0 amide bonds. The molecule has 154 valence electrons. The zero-order chi connectivity index (χ0) is 21.2. The first-order valence-electron chi connectivity index (χ1n) is 9.24. The van der Waals surface area contributed by atoms with Crippen LogP contribution in [-0.4, -0.2) is 41.4 Å². The molecule has 2 aromatic carbocycles. The zero-order valence-electron chi connectivity index (χ0n) is 15.3. The highest BCUT2D eigenvalue weighted by atomic mass is 19.2. The number of pyridine rings is 1. The van der Waals surface area contributed by atoms with Crippen LogP contribution >= 0.6 is 0 Å². The van der Waals surface area contributed by atoms with Crippen LogP contribution in [0.4, 0.5) is 23.2 Å². The molecule has 1 aromatic heterocycles. The minimum absolute atomic E-state index is 0.0155. The topological polar surface area (TPSA) is 62.7 Å². The smallest absolute Gasteiger partial charge is 0.339 e. The summed E-state index contributed by atoms with van der Waals surface area (Å²) in [6.45, 7) is 0.804. The van der Waals surface area contributed by atoms with E-state index in [1.165, 1.54) is 6.07 Å². The van der Waals surface area contributed by atoms with Crippen LogP contribution in [0, 0.1) is 23.3 Å². The molecule has 30 heavy (non-hydrogen) atoms. The van der Waals surface area contributed by atoms with Gasteiger partial charge in [0.05, 0.1) is 30.0 Å². The molecular weight excluding hydrogens is 404 g/mol. The maximum Gasteiger partial charge on any atom is 0.339 e. The van der Waals surface area contributed by atoms with E-state index in [-0.39, 0.29) is 28.6 Å². The summed E-state index contributed by atoms with van der Waals surface area (Å²) in [5.74, 6) is -6.10. The maximum atomic E-state index is 14.8. The molecule has 3 aromatic rings. The van der Waals surface area contributed by atoms with Gasteiger partial charge in [-0.2, -0.15) is 0 Å². The molecule has 2 heterocycles. The van der Waals surface area contributed by atoms with Crippen molar-refractivity contribution in [3.8, 4) is 11.1 Å². The first-order valence-corrected chi connectivity index (χ1v) is 9.24. The van der Waals surface area contributed by atoms with Gasteiger partial charge in [0, 0.05) is 35.3 Å². The summed E-state index contributed by atoms with van der Waals surface area (Å²) in [5.41, 5.74) is -0.923. The van der Waals surface area contributed by atoms with E-state index in [1.54, 1.807) is 0 Å². The van der Waals surface area contributed by atoms with E-state index >= 15 is 0 Å². The van der Waals surface area contributed by atoms with Gasteiger partial charge in [-0.25, -0.2) is 22.4 Å². The molecule has 0 spiro atoms. The van der Waals surface area contributed by atoms with Crippen molar-refractivity contribution < 1.29 is 32.2 Å². The fourth-order valence-corrected chi connectivity index (χ4v) is 4.10. The lowest BCUT2D eigenvalue weighted by Gasteiger charge is -2.31. The predicted octanol–water partition coefficient (Wildman–Crippen LogP) is 4.13. The Labute approximate surface area is 167 Å². The van der Waals surface area contributed by atoms with Crippen molar-refractivity contribution in [2.75, 3.05) is 18.1 Å². The Morgan fingerprint density at radius 3 is 2.73 bits per heavy atom. The van der Waals surface area contributed by atoms with Crippen LogP contribution in [-0.2, 0) is 4.74 Å². The lowest BCUT2D eigenvalue weighted by Crippen LogP contribution is -2.37. The van der Waals surface area contributed by atoms with Crippen LogP contribution < -0.4 is 4.90 Å². The quantitative estimate of drug-likeness (QED) is 0.512. The first-order chi connectivity index (χ1) is 14.4. The molecule has 2 fully saturated rings. The number of nitrogens with zero attached hydrogens (tertiary/aromatic N) is 2. The van der Waals surface area contributed by atoms with Crippen molar-refractivity contribution in [1.29, 1.82) is 0 Å². The number of hydrogen-bond acceptors (Lipinski definition) is 4. The summed E-state index contributed by atoms with van der Waals surface area (Å²) >= 11 is 0. The highest BCUT2D eigenvalue weighted by Crippen LogP contribution is 2.43. The molecular formula is C21H14F4N2O3. The number of anilines is 1. The van der Waals surface area contributed by atoms with Crippen molar-refractivity contribution in [1.82, 2.24) is 4.98 Å². The second-order valence-corrected chi connectivity index (χ2v) is 7.30. The van der Waals surface area contributed by atoms with Gasteiger partial charge in [0.2, 0.25) is 0 Å². The number of carbonyl (C=O) groups is 1. The molecule has 2 atom stereocenters. The van der Waals surface area contributed by atoms with Crippen LogP contribution in [0.2, 0.25) is 0 Å². The van der Waals surface area contributed by atoms with Crippen molar-refractivity contribution in [2.45, 2.75) is 18.6 Å². The number of hydrogen-bond donors (Lipinski definition) is 1. The molecule has 1 N–H and O–H groups in total. The van der Waals surface area contributed by atoms with E-state index < -0.39 is 40.4 Å². The summed E-state index contributed by atoms with van der Waals surface area (Å²) in [5, 5.41) is 9.93. The van der Waals surface area contributed by atoms with E-state index in [2.05, 4.69) is 4.98 Å². The SMILES string of the molecule is O=C(O)c1cnc2c(-c3cc(F)cc(F)c3F)c(F)ccc2c1N1CCOC2CC21. The number of carboxylic acids is 1. The highest BCUT2D eigenvalue weighted by molar-refractivity contribution is 6.08. The van der Waals surface area contributed by atoms with Gasteiger partial charge in [0.1, 0.15) is 17.2 Å². The normalized spacial score (nSPS) is 20.3. The Balaban J connectivity index is 1.82. The molecule has 0 radical (unpaired) electrons. The van der Waals surface area contributed by atoms with Gasteiger partial charge in [-0.05, 0) is 24.6 Å². The van der Waals surface area contributed by atoms with Crippen molar-refractivity contribution >= 4 is 22.6 Å². The third-order valence-electron chi connectivity index (χ3n) is 5.50. The summed E-state index contributed by atoms with van der Waals surface area (Å²) in [6.07, 6.45) is 1.77. The summed E-state index contributed by atoms with van der Waals surface area (Å²) < 4.78 is 62.4. The Kier molecular flexibility index (Phi) is 4.18. The lowest BCUT2D eigenvalue weighted by atomic mass is 9.98. The second kappa shape index (κ2) is 6.66. The number of rotatable bonds is 3. The standard InChI is InChI=1S/C21H14F4N2O3/c22-9-5-11(18(25)14(24)6-9)17-13(23)2-1-10-19(17)26-8-12(21(28)29)20(10)27-3-4-30-16-7-15(16)27/h1-2,5-6,8,15-16H,3-4,7H2,(H,28,29). The summed E-state index contributed by atoms with van der Waals surface area (Å²) in [4.78, 5) is 17.8. The maximum absolute atomic E-state index is 14.8. The van der Waals surface area contributed by atoms with Crippen LogP contribution in [0.25, 0.3) is 22.0 Å². The van der Waals surface area contributed by atoms with E-state index in [9.17, 15) is 27.5 Å². The van der Waals surface area contributed by atoms with Crippen molar-refractivity contribution in [3.05, 3.63) is 59.3 Å². The number of morpholine rings is 1. The van der Waals surface area contributed by atoms with E-state index in [0.717, 1.165) is 18.7 Å². The number of halogens is 4. The van der Waals surface area contributed by atoms with Crippen LogP contribution in [0.5, 0.6) is 0 Å². The minimum Gasteiger partial charge on any atom is -0.478 e. The van der Waals surface area contributed by atoms with Gasteiger partial charge in [-0.3, -0.25) is 4.98 Å². The molecule has 5 nitrogen and oxygen atoms in total. The van der Waals surface area contributed by atoms with Crippen LogP contribution in [0.15, 0.2) is 30.5 Å². The molecule has 1 aliphatic heterocycles. The first kappa shape index (κ1) is 18.8. The molecule has 2 aliphatic rings. The van der Waals surface area contributed by atoms with Gasteiger partial charge in [0.25, 0.3) is 0 Å². The number of aromatic carboxylic acids is 1. The van der Waals surface area contributed by atoms with E-state index in [0.29, 0.717) is 31.0 Å². The molecule has 1 saturated heterocycles. The van der Waals surface area contributed by atoms with Crippen LogP contribution in [0.3, 0.4) is 0 Å². The molecule has 2 unspecified atom stereocenters. The molecule has 1 aliphatic carbocycles. The third-order valence-corrected chi connectivity index (χ3v) is 5.50. The van der Waals surface area contributed by atoms with Crippen molar-refractivity contribution in [3.63, 3.8) is 0 Å². The number of ether oxygens (including phenoxy) is 1. The Morgan fingerprint density at radius 2 is 1.97 bits per heavy atom. The zero-order valence-corrected chi connectivity index (χ0v) is 15.3. The largest absolute Gasteiger partial charge is 0.478 e. The van der Waals surface area contributed by atoms with Gasteiger partial charge in [0.15, 0.2) is 11.6 Å². The molecule has 9 heteroatoms. The lowest BCUT2D eigenvalue weighted by molar-refractivity contribution is 0.0695. The average molecular weight is 418 g/mol. The van der Waals surface area contributed by atoms with Gasteiger partial charge in [-0.15, -0.1) is 0 Å². The minimum atomic E-state index is -1.46. The number of aromatic nitrogens is 1. The Bertz CT molecular complexity index is 1220. The van der Waals surface area contributed by atoms with Gasteiger partial charge in [-0.1, -0.05) is 0 Å². The summed E-state index contributed by atoms with van der Waals surface area (Å²) in [6, 6.07) is 3.39.